The zero-order valence-corrected chi connectivity index (χ0v) is 21.4. The number of esters is 1. The lowest BCUT2D eigenvalue weighted by Gasteiger charge is -2.23. The fraction of sp³-hybridized carbons (Fsp3) is 0.214. The van der Waals surface area contributed by atoms with E-state index in [2.05, 4.69) is 11.6 Å². The molecule has 194 valence electrons. The van der Waals surface area contributed by atoms with Crippen LogP contribution in [-0.2, 0) is 20.7 Å². The van der Waals surface area contributed by atoms with Gasteiger partial charge in [-0.05, 0) is 43.7 Å². The zero-order chi connectivity index (χ0) is 27.1. The van der Waals surface area contributed by atoms with Crippen molar-refractivity contribution in [3.8, 4) is 5.75 Å². The first-order valence-electron chi connectivity index (χ1n) is 11.8. The minimum Gasteiger partial charge on any atom is -0.507 e. The Morgan fingerprint density at radius 3 is 2.82 bits per heavy atom. The number of ketones is 1. The van der Waals surface area contributed by atoms with Gasteiger partial charge in [-0.25, -0.2) is 14.2 Å². The summed E-state index contributed by atoms with van der Waals surface area (Å²) in [7, 11) is 0. The summed E-state index contributed by atoms with van der Waals surface area (Å²) in [5, 5.41) is 11.4. The van der Waals surface area contributed by atoms with Crippen molar-refractivity contribution in [1.82, 2.24) is 4.98 Å². The van der Waals surface area contributed by atoms with E-state index in [1.807, 2.05) is 6.92 Å². The molecule has 8 nitrogen and oxygen atoms in total. The van der Waals surface area contributed by atoms with E-state index in [-0.39, 0.29) is 39.6 Å². The first-order chi connectivity index (χ1) is 18.2. The lowest BCUT2D eigenvalue weighted by atomic mass is 9.94. The number of amides is 1. The molecule has 0 bridgehead atoms. The molecule has 0 spiro atoms. The molecule has 1 amide bonds. The number of aliphatic hydroxyl groups is 1. The smallest absolute Gasteiger partial charge is 0.350 e. The number of anilines is 1. The number of thiazole rings is 1. The molecule has 1 N–H and O–H groups in total. The quantitative estimate of drug-likeness (QED) is 0.158. The number of Topliss-reactive ketones (excluding diaryl/α,β-unsaturated/α-hetero) is 1. The molecule has 5 rings (SSSR count). The molecule has 2 aliphatic heterocycles. The van der Waals surface area contributed by atoms with Crippen molar-refractivity contribution < 1.29 is 33.4 Å². The van der Waals surface area contributed by atoms with Crippen LogP contribution in [0.2, 0.25) is 0 Å². The Morgan fingerprint density at radius 1 is 1.32 bits per heavy atom. The van der Waals surface area contributed by atoms with E-state index in [0.717, 1.165) is 21.8 Å². The van der Waals surface area contributed by atoms with Gasteiger partial charge in [0, 0.05) is 17.5 Å². The first kappa shape index (κ1) is 25.3. The molecule has 0 radical (unpaired) electrons. The van der Waals surface area contributed by atoms with E-state index < -0.39 is 35.3 Å². The van der Waals surface area contributed by atoms with Gasteiger partial charge >= 0.3 is 11.9 Å². The number of hydrogen-bond donors (Lipinski definition) is 1. The molecule has 10 heteroatoms. The summed E-state index contributed by atoms with van der Waals surface area (Å²) in [6.07, 6.45) is 1.99. The predicted molar refractivity (Wildman–Crippen MR) is 139 cm³/mol. The minimum absolute atomic E-state index is 0.00126. The number of carbonyl (C=O) groups is 3. The molecular weight excluding hydrogens is 511 g/mol. The lowest BCUT2D eigenvalue weighted by Crippen LogP contribution is -2.29. The van der Waals surface area contributed by atoms with Crippen molar-refractivity contribution in [1.29, 1.82) is 0 Å². The Morgan fingerprint density at radius 2 is 2.08 bits per heavy atom. The number of aliphatic hydroxyl groups excluding tert-OH is 1. The van der Waals surface area contributed by atoms with Crippen molar-refractivity contribution in [2.45, 2.75) is 32.4 Å². The van der Waals surface area contributed by atoms with Crippen LogP contribution in [0.1, 0.15) is 45.0 Å². The van der Waals surface area contributed by atoms with E-state index in [1.165, 1.54) is 24.3 Å². The molecule has 2 aliphatic rings. The lowest BCUT2D eigenvalue weighted by molar-refractivity contribution is -0.132. The number of aromatic nitrogens is 1. The van der Waals surface area contributed by atoms with Gasteiger partial charge in [-0.15, -0.1) is 0 Å². The summed E-state index contributed by atoms with van der Waals surface area (Å²) in [6.45, 7) is 6.97. The van der Waals surface area contributed by atoms with Crippen molar-refractivity contribution in [3.05, 3.63) is 93.8 Å². The van der Waals surface area contributed by atoms with E-state index in [9.17, 15) is 19.5 Å². The normalized spacial score (nSPS) is 19.8. The maximum atomic E-state index is 15.1. The molecule has 38 heavy (non-hydrogen) atoms. The number of nitrogens with zero attached hydrogens (tertiary/aromatic N) is 2. The van der Waals surface area contributed by atoms with Gasteiger partial charge in [-0.3, -0.25) is 14.5 Å². The van der Waals surface area contributed by atoms with E-state index in [4.69, 9.17) is 9.47 Å². The average Bonchev–Trinajstić information content (AvgIpc) is 3.54. The van der Waals surface area contributed by atoms with Crippen molar-refractivity contribution in [2.75, 3.05) is 11.5 Å². The molecule has 3 heterocycles. The molecule has 3 aromatic rings. The van der Waals surface area contributed by atoms with Crippen molar-refractivity contribution in [2.24, 2.45) is 0 Å². The first-order valence-corrected chi connectivity index (χ1v) is 12.6. The maximum Gasteiger partial charge on any atom is 0.350 e. The zero-order valence-electron chi connectivity index (χ0n) is 20.6. The maximum absolute atomic E-state index is 15.1. The number of rotatable bonds is 6. The van der Waals surface area contributed by atoms with E-state index in [0.29, 0.717) is 17.7 Å². The van der Waals surface area contributed by atoms with Crippen LogP contribution in [0.4, 0.5) is 9.52 Å². The largest absolute Gasteiger partial charge is 0.507 e. The number of benzene rings is 2. The van der Waals surface area contributed by atoms with Gasteiger partial charge in [-0.1, -0.05) is 42.2 Å². The highest BCUT2D eigenvalue weighted by Gasteiger charge is 2.49. The van der Waals surface area contributed by atoms with Gasteiger partial charge in [0.05, 0.1) is 11.3 Å². The SMILES string of the molecule is C=CCOC(=O)c1sc(N2C(=O)C(=O)C(=C(O)c3ccc4c(c3)CC(C)O4)C2c2ccccc2F)nc1C. The van der Waals surface area contributed by atoms with Crippen LogP contribution in [0.25, 0.3) is 5.76 Å². The van der Waals surface area contributed by atoms with Gasteiger partial charge in [0.1, 0.15) is 41.0 Å². The van der Waals surface area contributed by atoms with E-state index in [1.54, 1.807) is 31.2 Å². The second-order valence-corrected chi connectivity index (χ2v) is 9.92. The molecular formula is C28H23FN2O6S. The van der Waals surface area contributed by atoms with Crippen LogP contribution in [-0.4, -0.2) is 40.5 Å². The van der Waals surface area contributed by atoms with Crippen molar-refractivity contribution >= 4 is 39.9 Å². The second-order valence-electron chi connectivity index (χ2n) is 8.94. The summed E-state index contributed by atoms with van der Waals surface area (Å²) in [4.78, 5) is 44.7. The third-order valence-electron chi connectivity index (χ3n) is 6.32. The molecule has 0 saturated carbocycles. The summed E-state index contributed by atoms with van der Waals surface area (Å²) in [5.74, 6) is -3.11. The number of halogens is 1. The second kappa shape index (κ2) is 9.86. The summed E-state index contributed by atoms with van der Waals surface area (Å²) >= 11 is 0.841. The highest BCUT2D eigenvalue weighted by atomic mass is 32.1. The summed E-state index contributed by atoms with van der Waals surface area (Å²) in [5.41, 5.74) is 1.13. The number of fused-ring (bicyclic) bond motifs is 1. The average molecular weight is 535 g/mol. The Hall–Kier alpha value is -4.31. The molecule has 1 saturated heterocycles. The summed E-state index contributed by atoms with van der Waals surface area (Å²) in [6, 6.07) is 9.33. The number of hydrogen-bond acceptors (Lipinski definition) is 8. The van der Waals surface area contributed by atoms with Crippen LogP contribution >= 0.6 is 11.3 Å². The van der Waals surface area contributed by atoms with Gasteiger partial charge in [0.15, 0.2) is 5.13 Å². The standard InChI is InChI=1S/C28H23FN2O6S/c1-4-11-36-27(35)25-15(3)30-28(38-25)31-22(18-7-5-6-8-19(18)29)21(24(33)26(31)34)23(32)16-9-10-20-17(13-16)12-14(2)37-20/h4-10,13-14,22,32H,1,11-12H2,2-3H3. The highest BCUT2D eigenvalue weighted by molar-refractivity contribution is 7.17. The number of carbonyl (C=O) groups excluding carboxylic acids is 3. The summed E-state index contributed by atoms with van der Waals surface area (Å²) < 4.78 is 25.9. The van der Waals surface area contributed by atoms with Gasteiger partial charge in [0.25, 0.3) is 5.78 Å². The Labute approximate surface area is 221 Å². The van der Waals surface area contributed by atoms with Crippen LogP contribution in [0, 0.1) is 12.7 Å². The predicted octanol–water partition coefficient (Wildman–Crippen LogP) is 4.88. The number of ether oxygens (including phenoxy) is 2. The third kappa shape index (κ3) is 4.26. The Kier molecular flexibility index (Phi) is 6.58. The molecule has 1 fully saturated rings. The van der Waals surface area contributed by atoms with E-state index >= 15 is 4.39 Å². The van der Waals surface area contributed by atoms with Crippen LogP contribution < -0.4 is 9.64 Å². The fourth-order valence-corrected chi connectivity index (χ4v) is 5.61. The molecule has 2 atom stereocenters. The van der Waals surface area contributed by atoms with Gasteiger partial charge in [0.2, 0.25) is 0 Å². The van der Waals surface area contributed by atoms with Crippen LogP contribution in [0.5, 0.6) is 5.75 Å². The Bertz CT molecular complexity index is 1530. The molecule has 1 aromatic heterocycles. The Balaban J connectivity index is 1.66. The molecule has 0 aliphatic carbocycles. The van der Waals surface area contributed by atoms with Crippen LogP contribution in [0.15, 0.2) is 60.7 Å². The molecule has 2 unspecified atom stereocenters. The van der Waals surface area contributed by atoms with Gasteiger partial charge in [-0.2, -0.15) is 0 Å². The fourth-order valence-electron chi connectivity index (χ4n) is 4.62. The topological polar surface area (TPSA) is 106 Å². The number of aryl methyl sites for hydroxylation is 1. The highest BCUT2D eigenvalue weighted by Crippen LogP contribution is 2.45. The van der Waals surface area contributed by atoms with Gasteiger partial charge < -0.3 is 14.6 Å². The molecule has 2 aromatic carbocycles. The minimum atomic E-state index is -1.32. The monoisotopic (exact) mass is 534 g/mol. The van der Waals surface area contributed by atoms with Crippen LogP contribution in [0.3, 0.4) is 0 Å². The van der Waals surface area contributed by atoms with Crippen molar-refractivity contribution in [3.63, 3.8) is 0 Å². The third-order valence-corrected chi connectivity index (χ3v) is 7.46.